The van der Waals surface area contributed by atoms with Gasteiger partial charge < -0.3 is 23.7 Å². The minimum absolute atomic E-state index is 0.117. The Kier molecular flexibility index (Phi) is 20.0. The van der Waals surface area contributed by atoms with Crippen LogP contribution < -0.4 is 9.47 Å². The fraction of sp³-hybridized carbons (Fsp3) is 0.526. The van der Waals surface area contributed by atoms with E-state index in [1.807, 2.05) is 0 Å². The zero-order valence-corrected chi connectivity index (χ0v) is 28.2. The van der Waals surface area contributed by atoms with E-state index in [-0.39, 0.29) is 11.9 Å². The lowest BCUT2D eigenvalue weighted by atomic mass is 10.1. The maximum atomic E-state index is 12.6. The summed E-state index contributed by atoms with van der Waals surface area (Å²) in [6.45, 7) is 9.03. The molecule has 0 saturated heterocycles. The second-order valence-electron chi connectivity index (χ2n) is 11.6. The molecule has 9 heteroatoms. The predicted molar refractivity (Wildman–Crippen MR) is 181 cm³/mol. The first kappa shape index (κ1) is 39.0. The maximum Gasteiger partial charge on any atom is 0.343 e. The molecule has 2 aromatic rings. The lowest BCUT2D eigenvalue weighted by Crippen LogP contribution is -2.09. The van der Waals surface area contributed by atoms with Gasteiger partial charge in [0.1, 0.15) is 11.5 Å². The second kappa shape index (κ2) is 24.1. The van der Waals surface area contributed by atoms with E-state index in [2.05, 4.69) is 13.5 Å². The molecule has 0 saturated carbocycles. The minimum atomic E-state index is -0.517. The summed E-state index contributed by atoms with van der Waals surface area (Å²) in [5.74, 6) is -0.449. The van der Waals surface area contributed by atoms with Crippen molar-refractivity contribution in [1.82, 2.24) is 0 Å². The highest BCUT2D eigenvalue weighted by Crippen LogP contribution is 2.18. The van der Waals surface area contributed by atoms with Gasteiger partial charge in [-0.25, -0.2) is 14.4 Å². The molecule has 0 aliphatic heterocycles. The molecule has 0 aliphatic rings. The molecule has 0 N–H and O–H groups in total. The van der Waals surface area contributed by atoms with Crippen molar-refractivity contribution in [1.29, 1.82) is 0 Å². The number of carbonyl (C=O) groups is 4. The minimum Gasteiger partial charge on any atom is -0.494 e. The summed E-state index contributed by atoms with van der Waals surface area (Å²) in [5, 5.41) is 0. The quantitative estimate of drug-likeness (QED) is 0.0342. The van der Waals surface area contributed by atoms with Gasteiger partial charge in [-0.05, 0) is 113 Å². The first-order valence-electron chi connectivity index (χ1n) is 17.0. The maximum absolute atomic E-state index is 12.6. The van der Waals surface area contributed by atoms with Crippen molar-refractivity contribution in [2.45, 2.75) is 104 Å². The Morgan fingerprint density at radius 1 is 0.553 bits per heavy atom. The fourth-order valence-electron chi connectivity index (χ4n) is 4.48. The average Bonchev–Trinajstić information content (AvgIpc) is 3.07. The molecule has 0 amide bonds. The number of hydrogen-bond acceptors (Lipinski definition) is 9. The van der Waals surface area contributed by atoms with Crippen LogP contribution in [-0.2, 0) is 23.8 Å². The van der Waals surface area contributed by atoms with Crippen LogP contribution in [0, 0.1) is 0 Å². The van der Waals surface area contributed by atoms with Crippen LogP contribution in [-0.4, -0.2) is 50.3 Å². The van der Waals surface area contributed by atoms with Gasteiger partial charge >= 0.3 is 23.9 Å². The third-order valence-corrected chi connectivity index (χ3v) is 7.30. The van der Waals surface area contributed by atoms with Gasteiger partial charge in [-0.1, -0.05) is 39.2 Å². The van der Waals surface area contributed by atoms with E-state index in [9.17, 15) is 19.2 Å². The van der Waals surface area contributed by atoms with E-state index in [1.54, 1.807) is 55.5 Å². The van der Waals surface area contributed by atoms with Gasteiger partial charge in [0.2, 0.25) is 0 Å². The topological polar surface area (TPSA) is 114 Å². The summed E-state index contributed by atoms with van der Waals surface area (Å²) in [6.07, 6.45) is 12.9. The Hall–Kier alpha value is -4.14. The number of carbonyl (C=O) groups excluding carboxylic acids is 4. The Balaban J connectivity index is 1.55. The fourth-order valence-corrected chi connectivity index (χ4v) is 4.48. The van der Waals surface area contributed by atoms with Crippen LogP contribution in [0.1, 0.15) is 124 Å². The van der Waals surface area contributed by atoms with Crippen LogP contribution in [0.4, 0.5) is 0 Å². The normalized spacial score (nSPS) is 10.6. The first-order valence-corrected chi connectivity index (χ1v) is 17.0. The Bertz CT molecular complexity index is 1220. The number of rotatable bonds is 25. The van der Waals surface area contributed by atoms with Crippen LogP contribution in [0.2, 0.25) is 0 Å². The number of esters is 4. The van der Waals surface area contributed by atoms with Crippen LogP contribution >= 0.6 is 0 Å². The van der Waals surface area contributed by atoms with Crippen molar-refractivity contribution >= 4 is 23.9 Å². The molecular formula is C38H52O9. The second-order valence-corrected chi connectivity index (χ2v) is 11.6. The summed E-state index contributed by atoms with van der Waals surface area (Å²) in [7, 11) is 0. The molecule has 258 valence electrons. The standard InChI is InChI=1S/C38H52O9/c1-4-5-6-7-12-17-35(39)44-27-14-9-11-16-29-46-37(41)31-20-24-34(25-21-31)47-38(42)32-18-22-33(23-19-32)43-26-13-8-10-15-28-45-36(40)30(2)3/h18-25H,2,4-17,26-29H2,1,3H3. The summed E-state index contributed by atoms with van der Waals surface area (Å²) in [5.41, 5.74) is 1.15. The first-order chi connectivity index (χ1) is 22.8. The zero-order chi connectivity index (χ0) is 34.1. The predicted octanol–water partition coefficient (Wildman–Crippen LogP) is 8.59. The van der Waals surface area contributed by atoms with Crippen LogP contribution in [0.5, 0.6) is 11.5 Å². The smallest absolute Gasteiger partial charge is 0.343 e. The summed E-state index contributed by atoms with van der Waals surface area (Å²) >= 11 is 0. The molecule has 0 unspecified atom stereocenters. The molecule has 0 heterocycles. The number of ether oxygens (including phenoxy) is 5. The van der Waals surface area contributed by atoms with Gasteiger partial charge in [-0.15, -0.1) is 0 Å². The molecule has 0 radical (unpaired) electrons. The lowest BCUT2D eigenvalue weighted by Gasteiger charge is -2.09. The average molecular weight is 653 g/mol. The van der Waals surface area contributed by atoms with Gasteiger partial charge in [-0.3, -0.25) is 4.79 Å². The van der Waals surface area contributed by atoms with E-state index >= 15 is 0 Å². The SMILES string of the molecule is C=C(C)C(=O)OCCCCCCOc1ccc(C(=O)Oc2ccc(C(=O)OCCCCCCOC(=O)CCCCCCC)cc2)cc1. The van der Waals surface area contributed by atoms with E-state index in [1.165, 1.54) is 19.3 Å². The summed E-state index contributed by atoms with van der Waals surface area (Å²) in [6, 6.07) is 13.0. The highest BCUT2D eigenvalue weighted by Gasteiger charge is 2.12. The molecule has 2 aromatic carbocycles. The Morgan fingerprint density at radius 3 is 1.64 bits per heavy atom. The summed E-state index contributed by atoms with van der Waals surface area (Å²) in [4.78, 5) is 48.0. The third-order valence-electron chi connectivity index (χ3n) is 7.30. The largest absolute Gasteiger partial charge is 0.494 e. The Labute approximate surface area is 280 Å². The molecule has 0 spiro atoms. The van der Waals surface area contributed by atoms with E-state index in [4.69, 9.17) is 23.7 Å². The van der Waals surface area contributed by atoms with Crippen molar-refractivity contribution in [3.8, 4) is 11.5 Å². The van der Waals surface area contributed by atoms with Crippen molar-refractivity contribution in [3.63, 3.8) is 0 Å². The van der Waals surface area contributed by atoms with Crippen LogP contribution in [0.3, 0.4) is 0 Å². The summed E-state index contributed by atoms with van der Waals surface area (Å²) < 4.78 is 26.9. The van der Waals surface area contributed by atoms with E-state index in [0.717, 1.165) is 64.2 Å². The van der Waals surface area contributed by atoms with Crippen molar-refractivity contribution in [2.75, 3.05) is 26.4 Å². The number of benzene rings is 2. The van der Waals surface area contributed by atoms with Crippen molar-refractivity contribution in [2.24, 2.45) is 0 Å². The number of unbranched alkanes of at least 4 members (excludes halogenated alkanes) is 10. The van der Waals surface area contributed by atoms with Gasteiger partial charge in [0.25, 0.3) is 0 Å². The molecule has 0 bridgehead atoms. The van der Waals surface area contributed by atoms with Gasteiger partial charge in [-0.2, -0.15) is 0 Å². The van der Waals surface area contributed by atoms with Crippen LogP contribution in [0.25, 0.3) is 0 Å². The van der Waals surface area contributed by atoms with Crippen molar-refractivity contribution in [3.05, 3.63) is 71.8 Å². The van der Waals surface area contributed by atoms with E-state index < -0.39 is 11.9 Å². The molecule has 0 aliphatic carbocycles. The highest BCUT2D eigenvalue weighted by molar-refractivity contribution is 5.92. The molecule has 0 fully saturated rings. The Morgan fingerprint density at radius 2 is 1.04 bits per heavy atom. The third kappa shape index (κ3) is 18.0. The zero-order valence-electron chi connectivity index (χ0n) is 28.2. The van der Waals surface area contributed by atoms with E-state index in [0.29, 0.717) is 61.0 Å². The molecule has 2 rings (SSSR count). The highest BCUT2D eigenvalue weighted by atomic mass is 16.5. The molecule has 0 atom stereocenters. The molecule has 47 heavy (non-hydrogen) atoms. The van der Waals surface area contributed by atoms with Gasteiger partial charge in [0.05, 0.1) is 37.6 Å². The molecule has 9 nitrogen and oxygen atoms in total. The van der Waals surface area contributed by atoms with Crippen molar-refractivity contribution < 1.29 is 42.9 Å². The molecule has 0 aromatic heterocycles. The molecular weight excluding hydrogens is 600 g/mol. The van der Waals surface area contributed by atoms with Crippen LogP contribution in [0.15, 0.2) is 60.7 Å². The number of hydrogen-bond donors (Lipinski definition) is 0. The monoisotopic (exact) mass is 652 g/mol. The van der Waals surface area contributed by atoms with Gasteiger partial charge in [0.15, 0.2) is 0 Å². The van der Waals surface area contributed by atoms with Gasteiger partial charge in [0, 0.05) is 12.0 Å². The lowest BCUT2D eigenvalue weighted by molar-refractivity contribution is -0.144.